The van der Waals surface area contributed by atoms with Crippen LogP contribution in [0.2, 0.25) is 0 Å². The first kappa shape index (κ1) is 19.2. The van der Waals surface area contributed by atoms with Gasteiger partial charge < -0.3 is 14.0 Å². The highest BCUT2D eigenvalue weighted by Gasteiger charge is 2.18. The van der Waals surface area contributed by atoms with Crippen LogP contribution in [0, 0.1) is 0 Å². The summed E-state index contributed by atoms with van der Waals surface area (Å²) in [5, 5.41) is 2.39. The first-order valence-electron chi connectivity index (χ1n) is 10.6. The van der Waals surface area contributed by atoms with E-state index in [2.05, 4.69) is 34.9 Å². The van der Waals surface area contributed by atoms with Crippen LogP contribution in [0.15, 0.2) is 97.1 Å². The number of nitrogens with zero attached hydrogens (tertiary/aromatic N) is 2. The average molecular weight is 409 g/mol. The molecule has 0 amide bonds. The van der Waals surface area contributed by atoms with Crippen molar-refractivity contribution < 1.29 is 9.47 Å². The third kappa shape index (κ3) is 4.10. The van der Waals surface area contributed by atoms with E-state index in [4.69, 9.17) is 14.5 Å². The summed E-state index contributed by atoms with van der Waals surface area (Å²) in [6, 6.07) is 32.6. The number of fused-ring (bicyclic) bond motifs is 2. The van der Waals surface area contributed by atoms with Gasteiger partial charge in [-0.1, -0.05) is 60.7 Å². The summed E-state index contributed by atoms with van der Waals surface area (Å²) in [6.07, 6.45) is -0.185. The molecule has 1 atom stereocenters. The molecule has 0 aliphatic rings. The third-order valence-corrected chi connectivity index (χ3v) is 5.41. The van der Waals surface area contributed by atoms with Gasteiger partial charge in [-0.3, -0.25) is 0 Å². The second-order valence-electron chi connectivity index (χ2n) is 7.54. The van der Waals surface area contributed by atoms with Gasteiger partial charge in [0.05, 0.1) is 17.6 Å². The first-order valence-corrected chi connectivity index (χ1v) is 10.6. The molecule has 0 aliphatic heterocycles. The lowest BCUT2D eigenvalue weighted by Gasteiger charge is -2.17. The van der Waals surface area contributed by atoms with Crippen molar-refractivity contribution in [2.24, 2.45) is 0 Å². The molecule has 0 saturated carbocycles. The van der Waals surface area contributed by atoms with Crippen LogP contribution >= 0.6 is 0 Å². The third-order valence-electron chi connectivity index (χ3n) is 5.41. The van der Waals surface area contributed by atoms with E-state index < -0.39 is 0 Å². The lowest BCUT2D eigenvalue weighted by Crippen LogP contribution is -2.15. The van der Waals surface area contributed by atoms with Crippen molar-refractivity contribution in [2.45, 2.75) is 19.6 Å². The lowest BCUT2D eigenvalue weighted by molar-refractivity contribution is 0.207. The Morgan fingerprint density at radius 1 is 0.774 bits per heavy atom. The van der Waals surface area contributed by atoms with E-state index in [1.54, 1.807) is 0 Å². The minimum Gasteiger partial charge on any atom is -0.492 e. The molecule has 5 rings (SSSR count). The van der Waals surface area contributed by atoms with Crippen LogP contribution in [0.4, 0.5) is 0 Å². The summed E-state index contributed by atoms with van der Waals surface area (Å²) in [5.74, 6) is 2.60. The summed E-state index contributed by atoms with van der Waals surface area (Å²) in [4.78, 5) is 4.86. The zero-order valence-electron chi connectivity index (χ0n) is 17.4. The Morgan fingerprint density at radius 3 is 2.39 bits per heavy atom. The van der Waals surface area contributed by atoms with Gasteiger partial charge in [0.2, 0.25) is 0 Å². The highest BCUT2D eigenvalue weighted by molar-refractivity contribution is 5.83. The molecule has 4 nitrogen and oxygen atoms in total. The Hall–Kier alpha value is -3.79. The summed E-state index contributed by atoms with van der Waals surface area (Å²) in [7, 11) is 0. The number of hydrogen-bond acceptors (Lipinski definition) is 3. The molecule has 0 fully saturated rings. The van der Waals surface area contributed by atoms with Crippen LogP contribution in [-0.4, -0.2) is 16.2 Å². The van der Waals surface area contributed by atoms with Crippen LogP contribution in [0.3, 0.4) is 0 Å². The monoisotopic (exact) mass is 408 g/mol. The number of para-hydroxylation sites is 3. The van der Waals surface area contributed by atoms with Crippen LogP contribution in [0.5, 0.6) is 11.5 Å². The largest absolute Gasteiger partial charge is 0.492 e. The molecule has 0 radical (unpaired) electrons. The SMILES string of the molecule is CC(Oc1ccccc1)c1nc2ccccc2n1CCOc1ccc2ccccc2c1. The molecule has 31 heavy (non-hydrogen) atoms. The standard InChI is InChI=1S/C27H24N2O2/c1-20(31-23-11-3-2-4-12-23)27-28-25-13-7-8-14-26(25)29(27)17-18-30-24-16-15-21-9-5-6-10-22(21)19-24/h2-16,19-20H,17-18H2,1H3. The summed E-state index contributed by atoms with van der Waals surface area (Å²) in [5.41, 5.74) is 2.05. The smallest absolute Gasteiger partial charge is 0.153 e. The Bertz CT molecular complexity index is 1310. The van der Waals surface area contributed by atoms with Gasteiger partial charge in [-0.15, -0.1) is 0 Å². The molecule has 4 heteroatoms. The Labute approximate surface area is 181 Å². The molecular formula is C27H24N2O2. The maximum absolute atomic E-state index is 6.16. The van der Waals surface area contributed by atoms with Crippen molar-refractivity contribution in [3.63, 3.8) is 0 Å². The van der Waals surface area contributed by atoms with E-state index in [0.29, 0.717) is 13.2 Å². The van der Waals surface area contributed by atoms with Crippen molar-refractivity contribution in [2.75, 3.05) is 6.61 Å². The van der Waals surface area contributed by atoms with Crippen LogP contribution in [-0.2, 0) is 6.54 Å². The summed E-state index contributed by atoms with van der Waals surface area (Å²) < 4.78 is 14.5. The molecule has 1 aromatic heterocycles. The zero-order valence-corrected chi connectivity index (χ0v) is 17.4. The van der Waals surface area contributed by atoms with E-state index in [0.717, 1.165) is 28.4 Å². The molecular weight excluding hydrogens is 384 g/mol. The Balaban J connectivity index is 1.37. The second-order valence-corrected chi connectivity index (χ2v) is 7.54. The molecule has 1 heterocycles. The molecule has 154 valence electrons. The minimum atomic E-state index is -0.185. The van der Waals surface area contributed by atoms with E-state index in [-0.39, 0.29) is 6.10 Å². The van der Waals surface area contributed by atoms with Crippen LogP contribution in [0.1, 0.15) is 18.9 Å². The number of imidazole rings is 1. The predicted molar refractivity (Wildman–Crippen MR) is 125 cm³/mol. The molecule has 1 unspecified atom stereocenters. The average Bonchev–Trinajstić information content (AvgIpc) is 3.18. The number of benzene rings is 4. The van der Waals surface area contributed by atoms with Crippen molar-refractivity contribution >= 4 is 21.8 Å². The molecule has 0 aliphatic carbocycles. The zero-order chi connectivity index (χ0) is 21.0. The highest BCUT2D eigenvalue weighted by atomic mass is 16.5. The van der Waals surface area contributed by atoms with Gasteiger partial charge in [-0.05, 0) is 54.1 Å². The second kappa shape index (κ2) is 8.52. The molecule has 5 aromatic rings. The van der Waals surface area contributed by atoms with E-state index in [9.17, 15) is 0 Å². The van der Waals surface area contributed by atoms with Gasteiger partial charge in [-0.25, -0.2) is 4.98 Å². The van der Waals surface area contributed by atoms with Crippen molar-refractivity contribution in [3.8, 4) is 11.5 Å². The summed E-state index contributed by atoms with van der Waals surface area (Å²) in [6.45, 7) is 3.27. The number of hydrogen-bond donors (Lipinski definition) is 0. The maximum Gasteiger partial charge on any atom is 0.153 e. The fraction of sp³-hybridized carbons (Fsp3) is 0.148. The van der Waals surface area contributed by atoms with Crippen LogP contribution < -0.4 is 9.47 Å². The van der Waals surface area contributed by atoms with Gasteiger partial charge in [0, 0.05) is 0 Å². The fourth-order valence-electron chi connectivity index (χ4n) is 3.91. The lowest BCUT2D eigenvalue weighted by atomic mass is 10.1. The van der Waals surface area contributed by atoms with E-state index in [1.807, 2.05) is 73.7 Å². The molecule has 0 bridgehead atoms. The maximum atomic E-state index is 6.16. The minimum absolute atomic E-state index is 0.185. The predicted octanol–water partition coefficient (Wildman–Crippen LogP) is 6.41. The van der Waals surface area contributed by atoms with Crippen molar-refractivity contribution in [1.29, 1.82) is 0 Å². The highest BCUT2D eigenvalue weighted by Crippen LogP contribution is 2.26. The Kier molecular flexibility index (Phi) is 5.28. The molecule has 0 spiro atoms. The van der Waals surface area contributed by atoms with Gasteiger partial charge >= 0.3 is 0 Å². The summed E-state index contributed by atoms with van der Waals surface area (Å²) >= 11 is 0. The normalized spacial score (nSPS) is 12.2. The molecule has 0 N–H and O–H groups in total. The van der Waals surface area contributed by atoms with Gasteiger partial charge in [0.15, 0.2) is 11.9 Å². The van der Waals surface area contributed by atoms with Crippen molar-refractivity contribution in [1.82, 2.24) is 9.55 Å². The van der Waals surface area contributed by atoms with Gasteiger partial charge in [0.1, 0.15) is 18.1 Å². The number of aromatic nitrogens is 2. The molecule has 4 aromatic carbocycles. The fourth-order valence-corrected chi connectivity index (χ4v) is 3.91. The number of rotatable bonds is 7. The van der Waals surface area contributed by atoms with Crippen LogP contribution in [0.25, 0.3) is 21.8 Å². The topological polar surface area (TPSA) is 36.3 Å². The Morgan fingerprint density at radius 2 is 1.52 bits per heavy atom. The van der Waals surface area contributed by atoms with E-state index >= 15 is 0 Å². The first-order chi connectivity index (χ1) is 15.3. The van der Waals surface area contributed by atoms with Gasteiger partial charge in [-0.2, -0.15) is 0 Å². The quantitative estimate of drug-likeness (QED) is 0.312. The van der Waals surface area contributed by atoms with Crippen molar-refractivity contribution in [3.05, 3.63) is 103 Å². The van der Waals surface area contributed by atoms with Gasteiger partial charge in [0.25, 0.3) is 0 Å². The van der Waals surface area contributed by atoms with E-state index in [1.165, 1.54) is 10.8 Å². The molecule has 0 saturated heterocycles. The number of ether oxygens (including phenoxy) is 2.